The van der Waals surface area contributed by atoms with Crippen molar-refractivity contribution in [2.75, 3.05) is 19.6 Å². The van der Waals surface area contributed by atoms with Crippen molar-refractivity contribution in [1.82, 2.24) is 4.90 Å². The summed E-state index contributed by atoms with van der Waals surface area (Å²) in [4.78, 5) is 14.4. The van der Waals surface area contributed by atoms with Crippen molar-refractivity contribution >= 4 is 5.78 Å². The average molecular weight is 237 g/mol. The zero-order chi connectivity index (χ0) is 12.5. The van der Waals surface area contributed by atoms with Crippen LogP contribution in [0.15, 0.2) is 11.6 Å². The summed E-state index contributed by atoms with van der Waals surface area (Å²) in [5.41, 5.74) is 1.11. The van der Waals surface area contributed by atoms with Gasteiger partial charge in [0.25, 0.3) is 0 Å². The van der Waals surface area contributed by atoms with Gasteiger partial charge in [-0.25, -0.2) is 0 Å². The lowest BCUT2D eigenvalue weighted by molar-refractivity contribution is -0.116. The van der Waals surface area contributed by atoms with Gasteiger partial charge in [0.05, 0.1) is 0 Å². The van der Waals surface area contributed by atoms with Gasteiger partial charge >= 0.3 is 0 Å². The van der Waals surface area contributed by atoms with Crippen LogP contribution in [0.5, 0.6) is 0 Å². The van der Waals surface area contributed by atoms with Crippen molar-refractivity contribution in [3.63, 3.8) is 0 Å². The molecule has 1 aliphatic rings. The van der Waals surface area contributed by atoms with Crippen LogP contribution in [0.2, 0.25) is 0 Å². The predicted molar refractivity (Wildman–Crippen MR) is 73.2 cm³/mol. The Balaban J connectivity index is 2.39. The fourth-order valence-corrected chi connectivity index (χ4v) is 2.41. The molecule has 1 aliphatic carbocycles. The lowest BCUT2D eigenvalue weighted by Crippen LogP contribution is -2.26. The minimum Gasteiger partial charge on any atom is -0.303 e. The lowest BCUT2D eigenvalue weighted by Gasteiger charge is -2.18. The van der Waals surface area contributed by atoms with E-state index in [2.05, 4.69) is 24.8 Å². The third kappa shape index (κ3) is 5.49. The van der Waals surface area contributed by atoms with E-state index in [1.54, 1.807) is 0 Å². The van der Waals surface area contributed by atoms with Crippen LogP contribution in [-0.2, 0) is 4.79 Å². The van der Waals surface area contributed by atoms with Gasteiger partial charge < -0.3 is 4.90 Å². The second-order valence-electron chi connectivity index (χ2n) is 4.88. The Morgan fingerprint density at radius 2 is 1.88 bits per heavy atom. The quantitative estimate of drug-likeness (QED) is 0.704. The van der Waals surface area contributed by atoms with Crippen LogP contribution in [0.1, 0.15) is 58.8 Å². The van der Waals surface area contributed by atoms with Gasteiger partial charge in [0.2, 0.25) is 0 Å². The van der Waals surface area contributed by atoms with Crippen LogP contribution in [0.25, 0.3) is 0 Å². The van der Waals surface area contributed by atoms with Crippen LogP contribution in [0.4, 0.5) is 0 Å². The van der Waals surface area contributed by atoms with Gasteiger partial charge in [-0.3, -0.25) is 4.79 Å². The molecular formula is C15H27NO. The van der Waals surface area contributed by atoms with Crippen molar-refractivity contribution in [2.24, 2.45) is 0 Å². The third-order valence-electron chi connectivity index (χ3n) is 3.70. The van der Waals surface area contributed by atoms with E-state index in [4.69, 9.17) is 0 Å². The van der Waals surface area contributed by atoms with Crippen LogP contribution in [0, 0.1) is 0 Å². The zero-order valence-electron chi connectivity index (χ0n) is 11.5. The molecule has 0 unspecified atom stereocenters. The van der Waals surface area contributed by atoms with Crippen molar-refractivity contribution < 1.29 is 4.79 Å². The van der Waals surface area contributed by atoms with Crippen LogP contribution in [-0.4, -0.2) is 30.3 Å². The molecule has 2 nitrogen and oxygen atoms in total. The van der Waals surface area contributed by atoms with Crippen molar-refractivity contribution in [1.29, 1.82) is 0 Å². The summed E-state index contributed by atoms with van der Waals surface area (Å²) in [6.07, 6.45) is 10.1. The van der Waals surface area contributed by atoms with E-state index in [1.807, 2.05) is 0 Å². The Bertz CT molecular complexity index is 254. The molecule has 0 amide bonds. The molecule has 1 rings (SSSR count). The number of allylic oxidation sites excluding steroid dienone is 2. The second-order valence-corrected chi connectivity index (χ2v) is 4.88. The summed E-state index contributed by atoms with van der Waals surface area (Å²) < 4.78 is 0. The van der Waals surface area contributed by atoms with E-state index in [-0.39, 0.29) is 0 Å². The molecule has 98 valence electrons. The van der Waals surface area contributed by atoms with Gasteiger partial charge in [0, 0.05) is 13.0 Å². The SMILES string of the molecule is CCN(CC)CCC(=O)C1=CCCCCCC1. The summed E-state index contributed by atoms with van der Waals surface area (Å²) in [5, 5.41) is 0. The molecule has 2 heteroatoms. The molecule has 0 saturated heterocycles. The van der Waals surface area contributed by atoms with Crippen molar-refractivity contribution in [3.8, 4) is 0 Å². The molecule has 0 N–H and O–H groups in total. The fourth-order valence-electron chi connectivity index (χ4n) is 2.41. The number of hydrogen-bond donors (Lipinski definition) is 0. The van der Waals surface area contributed by atoms with E-state index in [9.17, 15) is 4.79 Å². The van der Waals surface area contributed by atoms with Gasteiger partial charge in [-0.2, -0.15) is 0 Å². The first-order valence-electron chi connectivity index (χ1n) is 7.22. The number of rotatable bonds is 6. The molecule has 0 aliphatic heterocycles. The fraction of sp³-hybridized carbons (Fsp3) is 0.800. The number of hydrogen-bond acceptors (Lipinski definition) is 2. The third-order valence-corrected chi connectivity index (χ3v) is 3.70. The Hall–Kier alpha value is -0.630. The van der Waals surface area contributed by atoms with E-state index in [1.165, 1.54) is 25.7 Å². The first-order valence-corrected chi connectivity index (χ1v) is 7.22. The second kappa shape index (κ2) is 8.46. The standard InChI is InChI=1S/C15H27NO/c1-3-16(4-2)13-12-15(17)14-10-8-6-5-7-9-11-14/h10H,3-9,11-13H2,1-2H3. The molecule has 17 heavy (non-hydrogen) atoms. The summed E-state index contributed by atoms with van der Waals surface area (Å²) in [6, 6.07) is 0. The van der Waals surface area contributed by atoms with Gasteiger partial charge in [0.1, 0.15) is 0 Å². The van der Waals surface area contributed by atoms with E-state index >= 15 is 0 Å². The van der Waals surface area contributed by atoms with E-state index < -0.39 is 0 Å². The molecule has 0 aromatic rings. The average Bonchev–Trinajstić information content (AvgIpc) is 2.29. The topological polar surface area (TPSA) is 20.3 Å². The number of nitrogens with zero attached hydrogens (tertiary/aromatic N) is 1. The molecule has 0 aromatic carbocycles. The smallest absolute Gasteiger partial charge is 0.159 e. The molecule has 0 saturated carbocycles. The van der Waals surface area contributed by atoms with Crippen molar-refractivity contribution in [3.05, 3.63) is 11.6 Å². The largest absolute Gasteiger partial charge is 0.303 e. The first-order chi connectivity index (χ1) is 8.27. The Morgan fingerprint density at radius 1 is 1.18 bits per heavy atom. The summed E-state index contributed by atoms with van der Waals surface area (Å²) >= 11 is 0. The summed E-state index contributed by atoms with van der Waals surface area (Å²) in [5.74, 6) is 0.388. The van der Waals surface area contributed by atoms with Gasteiger partial charge in [-0.1, -0.05) is 32.8 Å². The maximum Gasteiger partial charge on any atom is 0.159 e. The zero-order valence-corrected chi connectivity index (χ0v) is 11.5. The number of Topliss-reactive ketones (excluding diaryl/α,β-unsaturated/α-hetero) is 1. The summed E-state index contributed by atoms with van der Waals surface area (Å²) in [6.45, 7) is 7.32. The molecule has 0 atom stereocenters. The highest BCUT2D eigenvalue weighted by Gasteiger charge is 2.11. The van der Waals surface area contributed by atoms with E-state index in [0.717, 1.165) is 38.0 Å². The highest BCUT2D eigenvalue weighted by molar-refractivity contribution is 5.95. The van der Waals surface area contributed by atoms with Gasteiger partial charge in [0.15, 0.2) is 5.78 Å². The maximum absolute atomic E-state index is 12.1. The molecule has 0 bridgehead atoms. The van der Waals surface area contributed by atoms with Crippen LogP contribution in [0.3, 0.4) is 0 Å². The lowest BCUT2D eigenvalue weighted by atomic mass is 9.96. The van der Waals surface area contributed by atoms with Crippen LogP contribution < -0.4 is 0 Å². The number of ketones is 1. The molecule has 0 spiro atoms. The Labute approximate surface area is 106 Å². The minimum absolute atomic E-state index is 0.388. The monoisotopic (exact) mass is 237 g/mol. The molecular weight excluding hydrogens is 210 g/mol. The molecule has 0 heterocycles. The molecule has 0 fully saturated rings. The first kappa shape index (κ1) is 14.4. The predicted octanol–water partition coefficient (Wildman–Crippen LogP) is 3.57. The normalized spacial score (nSPS) is 17.5. The summed E-state index contributed by atoms with van der Waals surface area (Å²) in [7, 11) is 0. The highest BCUT2D eigenvalue weighted by Crippen LogP contribution is 2.18. The highest BCUT2D eigenvalue weighted by atomic mass is 16.1. The van der Waals surface area contributed by atoms with Crippen molar-refractivity contribution in [2.45, 2.75) is 58.8 Å². The number of carbonyl (C=O) groups is 1. The Morgan fingerprint density at radius 3 is 2.59 bits per heavy atom. The van der Waals surface area contributed by atoms with Crippen LogP contribution >= 0.6 is 0 Å². The molecule has 0 aromatic heterocycles. The van der Waals surface area contributed by atoms with Gasteiger partial charge in [-0.15, -0.1) is 0 Å². The minimum atomic E-state index is 0.388. The number of carbonyl (C=O) groups excluding carboxylic acids is 1. The van der Waals surface area contributed by atoms with Gasteiger partial charge in [-0.05, 0) is 44.3 Å². The maximum atomic E-state index is 12.1. The molecule has 0 radical (unpaired) electrons. The van der Waals surface area contributed by atoms with E-state index in [0.29, 0.717) is 12.2 Å². The Kier molecular flexibility index (Phi) is 7.18.